The molecule has 1 N–H and O–H groups in total. The Balaban J connectivity index is 1.56. The van der Waals surface area contributed by atoms with Gasteiger partial charge in [-0.2, -0.15) is 0 Å². The third-order valence-corrected chi connectivity index (χ3v) is 4.13. The monoisotopic (exact) mass is 260 g/mol. The van der Waals surface area contributed by atoms with Gasteiger partial charge in [0.15, 0.2) is 0 Å². The molecule has 3 rings (SSSR count). The quantitative estimate of drug-likeness (QED) is 0.825. The van der Waals surface area contributed by atoms with Gasteiger partial charge in [-0.3, -0.25) is 4.90 Å². The van der Waals surface area contributed by atoms with Crippen LogP contribution in [0.3, 0.4) is 0 Å². The Bertz CT molecular complexity index is 471. The van der Waals surface area contributed by atoms with Crippen molar-refractivity contribution in [2.75, 3.05) is 13.1 Å². The Kier molecular flexibility index (Phi) is 3.76. The maximum atomic E-state index is 5.89. The van der Waals surface area contributed by atoms with Gasteiger partial charge in [0.2, 0.25) is 0 Å². The van der Waals surface area contributed by atoms with Crippen molar-refractivity contribution >= 4 is 0 Å². The van der Waals surface area contributed by atoms with Crippen molar-refractivity contribution in [2.24, 2.45) is 0 Å². The van der Waals surface area contributed by atoms with E-state index in [1.54, 1.807) is 0 Å². The number of hydrogen-bond acceptors (Lipinski definition) is 3. The minimum absolute atomic E-state index is 0.757. The summed E-state index contributed by atoms with van der Waals surface area (Å²) in [6, 6.07) is 2.99. The topological polar surface area (TPSA) is 28.4 Å². The first kappa shape index (κ1) is 12.9. The van der Waals surface area contributed by atoms with Crippen LogP contribution in [-0.4, -0.2) is 24.0 Å². The number of aryl methyl sites for hydroxylation is 1. The van der Waals surface area contributed by atoms with E-state index in [-0.39, 0.29) is 0 Å². The van der Waals surface area contributed by atoms with Gasteiger partial charge in [-0.05, 0) is 39.2 Å². The molecule has 3 nitrogen and oxygen atoms in total. The van der Waals surface area contributed by atoms with Crippen LogP contribution < -0.4 is 5.32 Å². The molecule has 2 aliphatic rings. The van der Waals surface area contributed by atoms with Crippen LogP contribution >= 0.6 is 0 Å². The molecule has 1 aliphatic carbocycles. The molecule has 0 unspecified atom stereocenters. The highest BCUT2D eigenvalue weighted by Gasteiger charge is 2.21. The zero-order valence-electron chi connectivity index (χ0n) is 12.0. The lowest BCUT2D eigenvalue weighted by molar-refractivity contribution is 0.259. The summed E-state index contributed by atoms with van der Waals surface area (Å²) in [5, 5.41) is 3.55. The normalized spacial score (nSPS) is 20.6. The minimum atomic E-state index is 0.757. The van der Waals surface area contributed by atoms with E-state index in [0.29, 0.717) is 0 Å². The molecule has 0 amide bonds. The van der Waals surface area contributed by atoms with Gasteiger partial charge in [0.1, 0.15) is 11.5 Å². The van der Waals surface area contributed by atoms with E-state index in [9.17, 15) is 0 Å². The van der Waals surface area contributed by atoms with Gasteiger partial charge in [0.25, 0.3) is 0 Å². The van der Waals surface area contributed by atoms with Crippen LogP contribution in [0.4, 0.5) is 0 Å². The lowest BCUT2D eigenvalue weighted by Crippen LogP contribution is -2.27. The molecule has 2 heterocycles. The Morgan fingerprint density at radius 2 is 2.21 bits per heavy atom. The summed E-state index contributed by atoms with van der Waals surface area (Å²) in [6.07, 6.45) is 6.19. The lowest BCUT2D eigenvalue weighted by atomic mass is 10.1. The van der Waals surface area contributed by atoms with Crippen molar-refractivity contribution in [3.05, 3.63) is 34.8 Å². The fraction of sp³-hybridized carbons (Fsp3) is 0.625. The number of nitrogens with zero attached hydrogens (tertiary/aromatic N) is 1. The van der Waals surface area contributed by atoms with Gasteiger partial charge in [-0.1, -0.05) is 11.6 Å². The Hall–Kier alpha value is -1.06. The predicted octanol–water partition coefficient (Wildman–Crippen LogP) is 2.99. The van der Waals surface area contributed by atoms with Gasteiger partial charge in [0, 0.05) is 31.2 Å². The number of rotatable bonds is 5. The highest BCUT2D eigenvalue weighted by molar-refractivity contribution is 5.21. The molecule has 19 heavy (non-hydrogen) atoms. The number of nitrogens with one attached hydrogen (secondary N) is 1. The molecule has 0 atom stereocenters. The molecular formula is C16H24N2O. The second-order valence-corrected chi connectivity index (χ2v) is 5.98. The van der Waals surface area contributed by atoms with Gasteiger partial charge in [-0.25, -0.2) is 0 Å². The van der Waals surface area contributed by atoms with E-state index >= 15 is 0 Å². The van der Waals surface area contributed by atoms with E-state index in [0.717, 1.165) is 43.7 Å². The first-order valence-electron chi connectivity index (χ1n) is 7.40. The summed E-state index contributed by atoms with van der Waals surface area (Å²) in [7, 11) is 0. The largest absolute Gasteiger partial charge is 0.465 e. The minimum Gasteiger partial charge on any atom is -0.465 e. The van der Waals surface area contributed by atoms with Crippen LogP contribution in [0.1, 0.15) is 43.3 Å². The fourth-order valence-corrected chi connectivity index (χ4v) is 2.56. The molecule has 0 radical (unpaired) electrons. The fourth-order valence-electron chi connectivity index (χ4n) is 2.56. The van der Waals surface area contributed by atoms with Crippen molar-refractivity contribution in [2.45, 2.75) is 52.2 Å². The highest BCUT2D eigenvalue weighted by atomic mass is 16.3. The molecule has 1 aromatic rings. The molecule has 0 saturated heterocycles. The first-order chi connectivity index (χ1) is 9.20. The first-order valence-corrected chi connectivity index (χ1v) is 7.40. The summed E-state index contributed by atoms with van der Waals surface area (Å²) >= 11 is 0. The molecule has 1 aliphatic heterocycles. The van der Waals surface area contributed by atoms with Crippen molar-refractivity contribution in [3.63, 3.8) is 0 Å². The predicted molar refractivity (Wildman–Crippen MR) is 77.0 cm³/mol. The van der Waals surface area contributed by atoms with Crippen molar-refractivity contribution in [1.29, 1.82) is 0 Å². The average molecular weight is 260 g/mol. The van der Waals surface area contributed by atoms with Crippen LogP contribution in [-0.2, 0) is 13.1 Å². The Morgan fingerprint density at radius 3 is 2.89 bits per heavy atom. The lowest BCUT2D eigenvalue weighted by Gasteiger charge is -2.23. The Morgan fingerprint density at radius 1 is 1.37 bits per heavy atom. The molecular weight excluding hydrogens is 236 g/mol. The second kappa shape index (κ2) is 5.51. The molecule has 1 saturated carbocycles. The average Bonchev–Trinajstić information content (AvgIpc) is 3.15. The van der Waals surface area contributed by atoms with E-state index in [1.807, 2.05) is 0 Å². The zero-order chi connectivity index (χ0) is 13.2. The van der Waals surface area contributed by atoms with Gasteiger partial charge >= 0.3 is 0 Å². The molecule has 0 spiro atoms. The summed E-state index contributed by atoms with van der Waals surface area (Å²) in [5.41, 5.74) is 2.84. The van der Waals surface area contributed by atoms with Crippen molar-refractivity contribution in [1.82, 2.24) is 10.2 Å². The number of furan rings is 1. The molecule has 1 aromatic heterocycles. The smallest absolute Gasteiger partial charge is 0.118 e. The van der Waals surface area contributed by atoms with Gasteiger partial charge in [-0.15, -0.1) is 0 Å². The van der Waals surface area contributed by atoms with Crippen LogP contribution in [0.25, 0.3) is 0 Å². The third-order valence-electron chi connectivity index (χ3n) is 4.13. The van der Waals surface area contributed by atoms with E-state index in [4.69, 9.17) is 4.42 Å². The van der Waals surface area contributed by atoms with Crippen LogP contribution in [0.5, 0.6) is 0 Å². The highest BCUT2D eigenvalue weighted by Crippen LogP contribution is 2.22. The number of hydrogen-bond donors (Lipinski definition) is 1. The summed E-state index contributed by atoms with van der Waals surface area (Å²) in [6.45, 7) is 8.40. The molecule has 3 heteroatoms. The van der Waals surface area contributed by atoms with Crippen molar-refractivity contribution < 1.29 is 4.42 Å². The van der Waals surface area contributed by atoms with E-state index in [1.165, 1.54) is 30.4 Å². The van der Waals surface area contributed by atoms with Gasteiger partial charge in [0.05, 0.1) is 6.54 Å². The van der Waals surface area contributed by atoms with Crippen LogP contribution in [0.15, 0.2) is 22.1 Å². The van der Waals surface area contributed by atoms with Crippen LogP contribution in [0.2, 0.25) is 0 Å². The van der Waals surface area contributed by atoms with Crippen molar-refractivity contribution in [3.8, 4) is 0 Å². The SMILES string of the molecule is CC1=CCN(Cc2cc(CNC3CC3)c(C)o2)CC1. The molecule has 0 aromatic carbocycles. The van der Waals surface area contributed by atoms with E-state index in [2.05, 4.69) is 36.2 Å². The standard InChI is InChI=1S/C16H24N2O/c1-12-5-7-18(8-6-12)11-16-9-14(13(2)19-16)10-17-15-3-4-15/h5,9,15,17H,3-4,6-8,10-11H2,1-2H3. The summed E-state index contributed by atoms with van der Waals surface area (Å²) in [5.74, 6) is 2.19. The maximum Gasteiger partial charge on any atom is 0.118 e. The summed E-state index contributed by atoms with van der Waals surface area (Å²) in [4.78, 5) is 2.45. The third kappa shape index (κ3) is 3.48. The van der Waals surface area contributed by atoms with Crippen LogP contribution in [0, 0.1) is 6.92 Å². The molecule has 0 bridgehead atoms. The molecule has 104 valence electrons. The summed E-state index contributed by atoms with van der Waals surface area (Å²) < 4.78 is 5.89. The Labute approximate surface area is 115 Å². The van der Waals surface area contributed by atoms with E-state index < -0.39 is 0 Å². The zero-order valence-corrected chi connectivity index (χ0v) is 12.0. The van der Waals surface area contributed by atoms with Gasteiger partial charge < -0.3 is 9.73 Å². The second-order valence-electron chi connectivity index (χ2n) is 5.98. The molecule has 1 fully saturated rings. The maximum absolute atomic E-state index is 5.89.